The number of benzene rings is 2. The molecular weight excluding hydrogens is 313 g/mol. The molecule has 2 aromatic rings. The quantitative estimate of drug-likeness (QED) is 0.829. The van der Waals surface area contributed by atoms with Crippen LogP contribution >= 0.6 is 11.8 Å². The van der Waals surface area contributed by atoms with Crippen LogP contribution in [0.1, 0.15) is 5.56 Å². The lowest BCUT2D eigenvalue weighted by Crippen LogP contribution is -2.16. The minimum Gasteiger partial charge on any atom is -0.392 e. The van der Waals surface area contributed by atoms with Crippen molar-refractivity contribution in [1.29, 1.82) is 0 Å². The van der Waals surface area contributed by atoms with E-state index in [4.69, 9.17) is 0 Å². The predicted molar refractivity (Wildman–Crippen MR) is 81.4 cm³/mol. The van der Waals surface area contributed by atoms with Gasteiger partial charge in [0.2, 0.25) is 0 Å². The minimum absolute atomic E-state index is 0.144. The summed E-state index contributed by atoms with van der Waals surface area (Å²) < 4.78 is 40.6. The first-order chi connectivity index (χ1) is 9.97. The second-order valence-corrected chi connectivity index (χ2v) is 6.71. The highest BCUT2D eigenvalue weighted by molar-refractivity contribution is 7.99. The van der Waals surface area contributed by atoms with Gasteiger partial charge >= 0.3 is 0 Å². The van der Waals surface area contributed by atoms with Crippen LogP contribution in [0.15, 0.2) is 52.3 Å². The average Bonchev–Trinajstić information content (AvgIpc) is 2.47. The van der Waals surface area contributed by atoms with E-state index in [1.54, 1.807) is 24.3 Å². The zero-order valence-electron chi connectivity index (χ0n) is 11.2. The van der Waals surface area contributed by atoms with Crippen LogP contribution in [0.3, 0.4) is 0 Å². The Morgan fingerprint density at radius 1 is 1.24 bits per heavy atom. The van der Waals surface area contributed by atoms with Gasteiger partial charge in [-0.05, 0) is 36.1 Å². The van der Waals surface area contributed by atoms with Crippen molar-refractivity contribution in [1.82, 2.24) is 0 Å². The first-order valence-electron chi connectivity index (χ1n) is 6.03. The summed E-state index contributed by atoms with van der Waals surface area (Å²) in [7, 11) is -3.97. The molecule has 0 saturated carbocycles. The van der Waals surface area contributed by atoms with Crippen molar-refractivity contribution in [2.45, 2.75) is 16.4 Å². The summed E-state index contributed by atoms with van der Waals surface area (Å²) >= 11 is 1.39. The number of hydrogen-bond donors (Lipinski definition) is 2. The van der Waals surface area contributed by atoms with Gasteiger partial charge in [-0.3, -0.25) is 4.72 Å². The van der Waals surface area contributed by atoms with E-state index in [2.05, 4.69) is 4.72 Å². The molecule has 0 aliphatic carbocycles. The SMILES string of the molecule is CSc1ccccc1NS(=O)(=O)c1cc(F)ccc1CO. The molecular formula is C14H14FNO3S2. The number of sulfonamides is 1. The molecule has 0 aliphatic heterocycles. The van der Waals surface area contributed by atoms with Gasteiger partial charge in [-0.25, -0.2) is 12.8 Å². The molecule has 0 aromatic heterocycles. The summed E-state index contributed by atoms with van der Waals surface area (Å²) in [5, 5.41) is 9.22. The maximum Gasteiger partial charge on any atom is 0.262 e. The van der Waals surface area contributed by atoms with Gasteiger partial charge < -0.3 is 5.11 Å². The van der Waals surface area contributed by atoms with E-state index in [0.29, 0.717) is 5.69 Å². The van der Waals surface area contributed by atoms with Gasteiger partial charge in [-0.2, -0.15) is 0 Å². The Hall–Kier alpha value is -1.57. The van der Waals surface area contributed by atoms with Gasteiger partial charge in [-0.1, -0.05) is 18.2 Å². The predicted octanol–water partition coefficient (Wildman–Crippen LogP) is 2.84. The Balaban J connectivity index is 2.46. The van der Waals surface area contributed by atoms with Gasteiger partial charge in [-0.15, -0.1) is 11.8 Å². The van der Waals surface area contributed by atoms with E-state index in [9.17, 15) is 17.9 Å². The number of aliphatic hydroxyl groups is 1. The lowest BCUT2D eigenvalue weighted by molar-refractivity contribution is 0.278. The summed E-state index contributed by atoms with van der Waals surface area (Å²) in [5.41, 5.74) is 0.559. The number of hydrogen-bond acceptors (Lipinski definition) is 4. The number of anilines is 1. The highest BCUT2D eigenvalue weighted by atomic mass is 32.2. The molecule has 0 spiro atoms. The molecule has 112 valence electrons. The van der Waals surface area contributed by atoms with Gasteiger partial charge in [0.15, 0.2) is 0 Å². The van der Waals surface area contributed by atoms with Gasteiger partial charge in [0.1, 0.15) is 5.82 Å². The minimum atomic E-state index is -3.97. The van der Waals surface area contributed by atoms with E-state index in [1.165, 1.54) is 17.8 Å². The summed E-state index contributed by atoms with van der Waals surface area (Å²) in [5.74, 6) is -0.675. The first kappa shape index (κ1) is 15.8. The number of para-hydroxylation sites is 1. The molecule has 0 fully saturated rings. The molecule has 0 amide bonds. The lowest BCUT2D eigenvalue weighted by Gasteiger charge is -2.13. The maximum atomic E-state index is 13.3. The molecule has 0 saturated heterocycles. The van der Waals surface area contributed by atoms with E-state index >= 15 is 0 Å². The largest absolute Gasteiger partial charge is 0.392 e. The lowest BCUT2D eigenvalue weighted by atomic mass is 10.2. The summed E-state index contributed by atoms with van der Waals surface area (Å²) in [4.78, 5) is 0.490. The van der Waals surface area contributed by atoms with Crippen molar-refractivity contribution in [2.75, 3.05) is 11.0 Å². The third-order valence-electron chi connectivity index (χ3n) is 2.84. The van der Waals surface area contributed by atoms with Gasteiger partial charge in [0.05, 0.1) is 17.2 Å². The Morgan fingerprint density at radius 3 is 2.62 bits per heavy atom. The number of thioether (sulfide) groups is 1. The fourth-order valence-corrected chi connectivity index (χ4v) is 3.78. The van der Waals surface area contributed by atoms with Crippen molar-refractivity contribution < 1.29 is 17.9 Å². The number of rotatable bonds is 5. The Morgan fingerprint density at radius 2 is 1.95 bits per heavy atom. The molecule has 21 heavy (non-hydrogen) atoms. The van der Waals surface area contributed by atoms with E-state index in [-0.39, 0.29) is 10.5 Å². The van der Waals surface area contributed by atoms with Crippen molar-refractivity contribution in [3.63, 3.8) is 0 Å². The van der Waals surface area contributed by atoms with Gasteiger partial charge in [0, 0.05) is 4.90 Å². The highest BCUT2D eigenvalue weighted by Gasteiger charge is 2.20. The van der Waals surface area contributed by atoms with Crippen molar-refractivity contribution in [3.05, 3.63) is 53.8 Å². The van der Waals surface area contributed by atoms with E-state index < -0.39 is 22.4 Å². The molecule has 0 unspecified atom stereocenters. The molecule has 2 N–H and O–H groups in total. The monoisotopic (exact) mass is 327 g/mol. The Kier molecular flexibility index (Phi) is 4.87. The number of aliphatic hydroxyl groups excluding tert-OH is 1. The average molecular weight is 327 g/mol. The van der Waals surface area contributed by atoms with E-state index in [1.807, 2.05) is 6.26 Å². The first-order valence-corrected chi connectivity index (χ1v) is 8.74. The summed E-state index contributed by atoms with van der Waals surface area (Å²) in [6, 6.07) is 10.2. The van der Waals surface area contributed by atoms with Crippen LogP contribution < -0.4 is 4.72 Å². The van der Waals surface area contributed by atoms with Crippen LogP contribution in [-0.4, -0.2) is 19.8 Å². The van der Waals surface area contributed by atoms with Crippen LogP contribution in [0, 0.1) is 5.82 Å². The molecule has 0 bridgehead atoms. The molecule has 0 atom stereocenters. The van der Waals surface area contributed by atoms with Crippen LogP contribution in [0.5, 0.6) is 0 Å². The third kappa shape index (κ3) is 3.55. The molecule has 0 radical (unpaired) electrons. The van der Waals surface area contributed by atoms with Gasteiger partial charge in [0.25, 0.3) is 10.0 Å². The second-order valence-electron chi connectivity index (χ2n) is 4.22. The second kappa shape index (κ2) is 6.46. The molecule has 4 nitrogen and oxygen atoms in total. The molecule has 0 heterocycles. The summed E-state index contributed by atoms with van der Waals surface area (Å²) in [6.45, 7) is -0.485. The Bertz CT molecular complexity index is 748. The fraction of sp³-hybridized carbons (Fsp3) is 0.143. The third-order valence-corrected chi connectivity index (χ3v) is 5.08. The zero-order valence-corrected chi connectivity index (χ0v) is 12.8. The highest BCUT2D eigenvalue weighted by Crippen LogP contribution is 2.28. The number of halogens is 1. The standard InChI is InChI=1S/C14H14FNO3S2/c1-20-13-5-3-2-4-12(13)16-21(18,19)14-8-11(15)7-6-10(14)9-17/h2-8,16-17H,9H2,1H3. The fourth-order valence-electron chi connectivity index (χ4n) is 1.84. The van der Waals surface area contributed by atoms with Crippen LogP contribution in [0.25, 0.3) is 0 Å². The topological polar surface area (TPSA) is 66.4 Å². The van der Waals surface area contributed by atoms with Crippen LogP contribution in [-0.2, 0) is 16.6 Å². The van der Waals surface area contributed by atoms with Crippen LogP contribution in [0.4, 0.5) is 10.1 Å². The Labute approximate surface area is 127 Å². The van der Waals surface area contributed by atoms with Crippen LogP contribution in [0.2, 0.25) is 0 Å². The molecule has 2 rings (SSSR count). The van der Waals surface area contributed by atoms with Crippen molar-refractivity contribution in [3.8, 4) is 0 Å². The summed E-state index contributed by atoms with van der Waals surface area (Å²) in [6.07, 6.45) is 1.83. The normalized spacial score (nSPS) is 11.4. The molecule has 2 aromatic carbocycles. The van der Waals surface area contributed by atoms with Crippen molar-refractivity contribution in [2.24, 2.45) is 0 Å². The smallest absolute Gasteiger partial charge is 0.262 e. The van der Waals surface area contributed by atoms with E-state index in [0.717, 1.165) is 17.0 Å². The maximum absolute atomic E-state index is 13.3. The number of nitrogens with one attached hydrogen (secondary N) is 1. The van der Waals surface area contributed by atoms with Crippen molar-refractivity contribution >= 4 is 27.5 Å². The molecule has 0 aliphatic rings. The molecule has 7 heteroatoms. The zero-order chi connectivity index (χ0) is 15.5.